The molecule has 0 radical (unpaired) electrons. The van der Waals surface area contributed by atoms with Crippen LogP contribution < -0.4 is 0 Å². The summed E-state index contributed by atoms with van der Waals surface area (Å²) in [6.07, 6.45) is -0.729. The molecule has 1 fully saturated rings. The maximum Gasteiger partial charge on any atom is 0.314 e. The van der Waals surface area contributed by atoms with E-state index >= 15 is 0 Å². The van der Waals surface area contributed by atoms with E-state index in [1.54, 1.807) is 13.0 Å². The molecule has 3 nitrogen and oxygen atoms in total. The highest BCUT2D eigenvalue weighted by molar-refractivity contribution is 5.82. The van der Waals surface area contributed by atoms with E-state index in [0.717, 1.165) is 11.4 Å². The van der Waals surface area contributed by atoms with Gasteiger partial charge < -0.3 is 10.1 Å². The van der Waals surface area contributed by atoms with Crippen LogP contribution in [-0.4, -0.2) is 22.0 Å². The molecule has 1 aliphatic carbocycles. The molecule has 1 aliphatic rings. The van der Waals surface area contributed by atoms with Crippen molar-refractivity contribution in [3.8, 4) is 0 Å². The second kappa shape index (κ2) is 4.07. The number of aliphatic carboxylic acids is 1. The lowest BCUT2D eigenvalue weighted by atomic mass is 9.68. The van der Waals surface area contributed by atoms with Gasteiger partial charge in [0.15, 0.2) is 0 Å². The minimum absolute atomic E-state index is 0.00648. The molecule has 0 aromatic carbocycles. The molecule has 2 N–H and O–H groups in total. The normalized spacial score (nSPS) is 21.8. The van der Waals surface area contributed by atoms with Crippen LogP contribution in [0.2, 0.25) is 0 Å². The summed E-state index contributed by atoms with van der Waals surface area (Å²) in [7, 11) is 0. The number of carboxylic acids is 1. The van der Waals surface area contributed by atoms with Crippen LogP contribution in [0.15, 0.2) is 6.07 Å². The number of aromatic nitrogens is 1. The van der Waals surface area contributed by atoms with Crippen LogP contribution in [0, 0.1) is 13.8 Å². The quantitative estimate of drug-likeness (QED) is 0.855. The first-order valence-electron chi connectivity index (χ1n) is 6.05. The Kier molecular flexibility index (Phi) is 2.95. The van der Waals surface area contributed by atoms with Crippen LogP contribution in [0.1, 0.15) is 42.6 Å². The van der Waals surface area contributed by atoms with E-state index in [4.69, 9.17) is 0 Å². The average molecular weight is 257 g/mol. The minimum Gasteiger partial charge on any atom is -0.481 e. The fraction of sp³-hybridized carbons (Fsp3) is 0.615. The van der Waals surface area contributed by atoms with E-state index < -0.39 is 17.3 Å². The molecule has 0 bridgehead atoms. The molecule has 0 saturated heterocycles. The van der Waals surface area contributed by atoms with Crippen molar-refractivity contribution in [1.82, 2.24) is 4.98 Å². The number of carboxylic acid groups (broad SMARTS) is 1. The van der Waals surface area contributed by atoms with Crippen molar-refractivity contribution in [3.63, 3.8) is 0 Å². The Morgan fingerprint density at radius 2 is 1.83 bits per heavy atom. The Balaban J connectivity index is 2.41. The number of alkyl halides is 2. The predicted molar refractivity (Wildman–Crippen MR) is 63.0 cm³/mol. The summed E-state index contributed by atoms with van der Waals surface area (Å²) in [4.78, 5) is 14.6. The smallest absolute Gasteiger partial charge is 0.314 e. The predicted octanol–water partition coefficient (Wildman–Crippen LogP) is 3.16. The van der Waals surface area contributed by atoms with Gasteiger partial charge in [0.05, 0.1) is 5.41 Å². The van der Waals surface area contributed by atoms with Gasteiger partial charge in [0.25, 0.3) is 0 Å². The fourth-order valence-corrected chi connectivity index (χ4v) is 2.86. The van der Waals surface area contributed by atoms with Gasteiger partial charge in [-0.3, -0.25) is 4.79 Å². The molecule has 1 heterocycles. The Morgan fingerprint density at radius 1 is 1.28 bits per heavy atom. The molecule has 0 amide bonds. The third-order valence-corrected chi connectivity index (χ3v) is 3.91. The molecule has 0 spiro atoms. The first kappa shape index (κ1) is 13.1. The SMILES string of the molecule is Cc1cc(C2(C(=O)O)CCC(F)(F)CC2)c(C)[nH]1. The maximum absolute atomic E-state index is 13.2. The van der Waals surface area contributed by atoms with Gasteiger partial charge in [-0.15, -0.1) is 0 Å². The molecule has 100 valence electrons. The van der Waals surface area contributed by atoms with E-state index in [1.165, 1.54) is 0 Å². The monoisotopic (exact) mass is 257 g/mol. The van der Waals surface area contributed by atoms with Crippen molar-refractivity contribution < 1.29 is 18.7 Å². The lowest BCUT2D eigenvalue weighted by Gasteiger charge is -2.36. The Bertz CT molecular complexity index is 469. The number of hydrogen-bond donors (Lipinski definition) is 2. The zero-order chi connectivity index (χ0) is 13.6. The summed E-state index contributed by atoms with van der Waals surface area (Å²) in [5.74, 6) is -3.72. The molecule has 1 saturated carbocycles. The number of carbonyl (C=O) groups is 1. The van der Waals surface area contributed by atoms with Crippen LogP contribution in [-0.2, 0) is 10.2 Å². The number of H-pyrrole nitrogens is 1. The van der Waals surface area contributed by atoms with Crippen molar-refractivity contribution in [2.75, 3.05) is 0 Å². The third-order valence-electron chi connectivity index (χ3n) is 3.91. The van der Waals surface area contributed by atoms with Gasteiger partial charge in [0, 0.05) is 24.2 Å². The largest absolute Gasteiger partial charge is 0.481 e. The molecule has 0 unspecified atom stereocenters. The van der Waals surface area contributed by atoms with Crippen LogP contribution in [0.4, 0.5) is 8.78 Å². The van der Waals surface area contributed by atoms with E-state index in [0.29, 0.717) is 5.56 Å². The Hall–Kier alpha value is -1.39. The Morgan fingerprint density at radius 3 is 2.22 bits per heavy atom. The Labute approximate surface area is 104 Å². The van der Waals surface area contributed by atoms with Crippen LogP contribution in [0.25, 0.3) is 0 Å². The second-order valence-corrected chi connectivity index (χ2v) is 5.23. The number of nitrogens with one attached hydrogen (secondary N) is 1. The zero-order valence-electron chi connectivity index (χ0n) is 10.5. The van der Waals surface area contributed by atoms with Crippen molar-refractivity contribution in [2.24, 2.45) is 0 Å². The lowest BCUT2D eigenvalue weighted by molar-refractivity contribution is -0.149. The van der Waals surface area contributed by atoms with Crippen molar-refractivity contribution in [3.05, 3.63) is 23.0 Å². The van der Waals surface area contributed by atoms with E-state index in [2.05, 4.69) is 4.98 Å². The van der Waals surface area contributed by atoms with E-state index in [1.807, 2.05) is 6.92 Å². The summed E-state index contributed by atoms with van der Waals surface area (Å²) in [6, 6.07) is 1.77. The summed E-state index contributed by atoms with van der Waals surface area (Å²) in [5.41, 5.74) is 1.12. The van der Waals surface area contributed by atoms with E-state index in [-0.39, 0.29) is 25.7 Å². The molecule has 18 heavy (non-hydrogen) atoms. The third kappa shape index (κ3) is 2.02. The standard InChI is InChI=1S/C13H17F2NO2/c1-8-7-10(9(2)16-8)12(11(17)18)3-5-13(14,15)6-4-12/h7,16H,3-6H2,1-2H3,(H,17,18). The summed E-state index contributed by atoms with van der Waals surface area (Å²) in [6.45, 7) is 3.63. The number of halogens is 2. The lowest BCUT2D eigenvalue weighted by Crippen LogP contribution is -2.43. The first-order valence-corrected chi connectivity index (χ1v) is 6.05. The van der Waals surface area contributed by atoms with Crippen molar-refractivity contribution in [1.29, 1.82) is 0 Å². The van der Waals surface area contributed by atoms with Gasteiger partial charge in [-0.25, -0.2) is 8.78 Å². The topological polar surface area (TPSA) is 53.1 Å². The van der Waals surface area contributed by atoms with Crippen LogP contribution >= 0.6 is 0 Å². The van der Waals surface area contributed by atoms with Crippen LogP contribution in [0.5, 0.6) is 0 Å². The average Bonchev–Trinajstić information content (AvgIpc) is 2.58. The van der Waals surface area contributed by atoms with Crippen molar-refractivity contribution >= 4 is 5.97 Å². The number of rotatable bonds is 2. The zero-order valence-corrected chi connectivity index (χ0v) is 10.5. The molecular weight excluding hydrogens is 240 g/mol. The second-order valence-electron chi connectivity index (χ2n) is 5.23. The van der Waals surface area contributed by atoms with Crippen molar-refractivity contribution in [2.45, 2.75) is 50.9 Å². The molecule has 2 rings (SSSR count). The maximum atomic E-state index is 13.2. The molecule has 0 atom stereocenters. The summed E-state index contributed by atoms with van der Waals surface area (Å²) < 4.78 is 26.5. The number of aryl methyl sites for hydroxylation is 2. The summed E-state index contributed by atoms with van der Waals surface area (Å²) in [5, 5.41) is 9.49. The molecule has 1 aromatic heterocycles. The van der Waals surface area contributed by atoms with Gasteiger partial charge in [-0.2, -0.15) is 0 Å². The van der Waals surface area contributed by atoms with Gasteiger partial charge >= 0.3 is 5.97 Å². The molecular formula is C13H17F2NO2. The molecule has 5 heteroatoms. The fourth-order valence-electron chi connectivity index (χ4n) is 2.86. The number of aromatic amines is 1. The van der Waals surface area contributed by atoms with E-state index in [9.17, 15) is 18.7 Å². The first-order chi connectivity index (χ1) is 8.27. The highest BCUT2D eigenvalue weighted by Gasteiger charge is 2.50. The van der Waals surface area contributed by atoms with Gasteiger partial charge in [0.1, 0.15) is 0 Å². The highest BCUT2D eigenvalue weighted by Crippen LogP contribution is 2.46. The van der Waals surface area contributed by atoms with Crippen LogP contribution in [0.3, 0.4) is 0 Å². The van der Waals surface area contributed by atoms with Gasteiger partial charge in [0.2, 0.25) is 5.92 Å². The number of hydrogen-bond acceptors (Lipinski definition) is 1. The van der Waals surface area contributed by atoms with Gasteiger partial charge in [-0.05, 0) is 38.3 Å². The minimum atomic E-state index is -2.72. The molecule has 0 aliphatic heterocycles. The molecule has 1 aromatic rings. The van der Waals surface area contributed by atoms with Gasteiger partial charge in [-0.1, -0.05) is 0 Å². The highest BCUT2D eigenvalue weighted by atomic mass is 19.3. The summed E-state index contributed by atoms with van der Waals surface area (Å²) >= 11 is 0.